The predicted molar refractivity (Wildman–Crippen MR) is 123 cm³/mol. The molecule has 3 aromatic rings. The Kier molecular flexibility index (Phi) is 5.98. The Bertz CT molecular complexity index is 1060. The minimum absolute atomic E-state index is 0.846. The molecule has 1 fully saturated rings. The van der Waals surface area contributed by atoms with Gasteiger partial charge in [-0.05, 0) is 93.3 Å². The molecule has 5 nitrogen and oxygen atoms in total. The molecule has 3 aromatic carbocycles. The highest BCUT2D eigenvalue weighted by atomic mass is 15.1. The van der Waals surface area contributed by atoms with Crippen molar-refractivity contribution in [3.8, 4) is 0 Å². The second-order valence-electron chi connectivity index (χ2n) is 7.87. The lowest BCUT2D eigenvalue weighted by Gasteiger charge is -2.17. The van der Waals surface area contributed by atoms with Gasteiger partial charge in [0.15, 0.2) is 0 Å². The summed E-state index contributed by atoms with van der Waals surface area (Å²) in [5.41, 5.74) is 7.93. The first-order valence-corrected chi connectivity index (χ1v) is 10.4. The van der Waals surface area contributed by atoms with Gasteiger partial charge in [0.05, 0.1) is 22.7 Å². The predicted octanol–water partition coefficient (Wildman–Crippen LogP) is 8.04. The molecule has 0 atom stereocenters. The van der Waals surface area contributed by atoms with Crippen LogP contribution in [0.25, 0.3) is 0 Å². The highest BCUT2D eigenvalue weighted by Crippen LogP contribution is 2.31. The van der Waals surface area contributed by atoms with Gasteiger partial charge in [-0.3, -0.25) is 0 Å². The maximum Gasteiger partial charge on any atom is 0.0890 e. The SMILES string of the molecule is Cc1ccc(N=Nc2cc(C)c(N=Nc3ccc(N4CCCC4)cc3)cc2C)cc1. The molecule has 152 valence electrons. The summed E-state index contributed by atoms with van der Waals surface area (Å²) in [7, 11) is 0. The summed E-state index contributed by atoms with van der Waals surface area (Å²) in [6.07, 6.45) is 2.56. The smallest absolute Gasteiger partial charge is 0.0890 e. The Morgan fingerprint density at radius 3 is 1.57 bits per heavy atom. The van der Waals surface area contributed by atoms with Crippen molar-refractivity contribution in [2.45, 2.75) is 33.6 Å². The lowest BCUT2D eigenvalue weighted by Crippen LogP contribution is -2.17. The average Bonchev–Trinajstić information content (AvgIpc) is 3.29. The topological polar surface area (TPSA) is 52.7 Å². The number of azo groups is 2. The molecule has 0 N–H and O–H groups in total. The van der Waals surface area contributed by atoms with Gasteiger partial charge < -0.3 is 4.90 Å². The fourth-order valence-corrected chi connectivity index (χ4v) is 3.54. The molecule has 0 unspecified atom stereocenters. The highest BCUT2D eigenvalue weighted by molar-refractivity contribution is 5.59. The summed E-state index contributed by atoms with van der Waals surface area (Å²) >= 11 is 0. The van der Waals surface area contributed by atoms with E-state index in [0.29, 0.717) is 0 Å². The Morgan fingerprint density at radius 2 is 1.07 bits per heavy atom. The largest absolute Gasteiger partial charge is 0.372 e. The van der Waals surface area contributed by atoms with E-state index in [1.807, 2.05) is 62.4 Å². The lowest BCUT2D eigenvalue weighted by molar-refractivity contribution is 0.949. The summed E-state index contributed by atoms with van der Waals surface area (Å²) in [6.45, 7) is 8.39. The molecule has 0 aromatic heterocycles. The first kappa shape index (κ1) is 20.0. The third-order valence-electron chi connectivity index (χ3n) is 5.42. The van der Waals surface area contributed by atoms with Crippen LogP contribution in [0.5, 0.6) is 0 Å². The van der Waals surface area contributed by atoms with Gasteiger partial charge in [0.1, 0.15) is 0 Å². The number of nitrogens with zero attached hydrogens (tertiary/aromatic N) is 5. The third kappa shape index (κ3) is 4.79. The molecule has 5 heteroatoms. The number of rotatable bonds is 5. The number of hydrogen-bond acceptors (Lipinski definition) is 5. The molecule has 1 heterocycles. The van der Waals surface area contributed by atoms with Crippen molar-refractivity contribution in [2.24, 2.45) is 20.5 Å². The minimum Gasteiger partial charge on any atom is -0.372 e. The maximum absolute atomic E-state index is 4.47. The van der Waals surface area contributed by atoms with Crippen molar-refractivity contribution in [1.29, 1.82) is 0 Å². The minimum atomic E-state index is 0.846. The van der Waals surface area contributed by atoms with Gasteiger partial charge in [0.2, 0.25) is 0 Å². The van der Waals surface area contributed by atoms with E-state index in [1.165, 1.54) is 24.1 Å². The number of benzene rings is 3. The van der Waals surface area contributed by atoms with Crippen molar-refractivity contribution in [1.82, 2.24) is 0 Å². The zero-order valence-electron chi connectivity index (χ0n) is 17.8. The number of anilines is 1. The number of aryl methyl sites for hydroxylation is 3. The van der Waals surface area contributed by atoms with Crippen molar-refractivity contribution in [2.75, 3.05) is 18.0 Å². The molecule has 0 spiro atoms. The molecular weight excluding hydrogens is 370 g/mol. The fraction of sp³-hybridized carbons (Fsp3) is 0.280. The third-order valence-corrected chi connectivity index (χ3v) is 5.42. The Morgan fingerprint density at radius 1 is 0.600 bits per heavy atom. The van der Waals surface area contributed by atoms with E-state index in [-0.39, 0.29) is 0 Å². The van der Waals surface area contributed by atoms with Gasteiger partial charge in [-0.1, -0.05) is 17.7 Å². The molecule has 1 aliphatic heterocycles. The molecule has 1 aliphatic rings. The van der Waals surface area contributed by atoms with Crippen LogP contribution in [0.4, 0.5) is 28.4 Å². The molecule has 1 saturated heterocycles. The monoisotopic (exact) mass is 397 g/mol. The van der Waals surface area contributed by atoms with Crippen LogP contribution in [0.2, 0.25) is 0 Å². The van der Waals surface area contributed by atoms with E-state index in [2.05, 4.69) is 44.4 Å². The van der Waals surface area contributed by atoms with Crippen molar-refractivity contribution < 1.29 is 0 Å². The van der Waals surface area contributed by atoms with E-state index in [0.717, 1.165) is 47.0 Å². The second kappa shape index (κ2) is 8.99. The molecule has 30 heavy (non-hydrogen) atoms. The van der Waals surface area contributed by atoms with E-state index in [4.69, 9.17) is 0 Å². The van der Waals surface area contributed by atoms with Crippen LogP contribution < -0.4 is 4.90 Å². The van der Waals surface area contributed by atoms with Crippen LogP contribution in [0.3, 0.4) is 0 Å². The van der Waals surface area contributed by atoms with Crippen molar-refractivity contribution >= 4 is 28.4 Å². The van der Waals surface area contributed by atoms with E-state index in [9.17, 15) is 0 Å². The van der Waals surface area contributed by atoms with Crippen LogP contribution in [0.1, 0.15) is 29.5 Å². The Balaban J connectivity index is 1.48. The van der Waals surface area contributed by atoms with Crippen LogP contribution in [-0.2, 0) is 0 Å². The van der Waals surface area contributed by atoms with E-state index < -0.39 is 0 Å². The van der Waals surface area contributed by atoms with Crippen LogP contribution >= 0.6 is 0 Å². The summed E-state index contributed by atoms with van der Waals surface area (Å²) in [5, 5.41) is 17.7. The van der Waals surface area contributed by atoms with Crippen LogP contribution in [0.15, 0.2) is 81.1 Å². The van der Waals surface area contributed by atoms with Gasteiger partial charge in [-0.25, -0.2) is 0 Å². The first-order chi connectivity index (χ1) is 14.6. The summed E-state index contributed by atoms with van der Waals surface area (Å²) in [6, 6.07) is 20.4. The normalized spacial score (nSPS) is 14.3. The summed E-state index contributed by atoms with van der Waals surface area (Å²) in [5.74, 6) is 0. The zero-order valence-corrected chi connectivity index (χ0v) is 17.8. The molecule has 0 saturated carbocycles. The molecule has 4 rings (SSSR count). The molecular formula is C25H27N5. The molecule has 0 amide bonds. The zero-order chi connectivity index (χ0) is 20.9. The maximum atomic E-state index is 4.47. The van der Waals surface area contributed by atoms with Gasteiger partial charge in [0.25, 0.3) is 0 Å². The number of hydrogen-bond donors (Lipinski definition) is 0. The van der Waals surface area contributed by atoms with Gasteiger partial charge in [-0.2, -0.15) is 20.5 Å². The molecule has 0 radical (unpaired) electrons. The van der Waals surface area contributed by atoms with Gasteiger partial charge in [-0.15, -0.1) is 0 Å². The first-order valence-electron chi connectivity index (χ1n) is 10.4. The van der Waals surface area contributed by atoms with Crippen molar-refractivity contribution in [3.05, 3.63) is 77.4 Å². The quantitative estimate of drug-likeness (QED) is 0.402. The van der Waals surface area contributed by atoms with Crippen molar-refractivity contribution in [3.63, 3.8) is 0 Å². The highest BCUT2D eigenvalue weighted by Gasteiger charge is 2.11. The molecule has 0 bridgehead atoms. The van der Waals surface area contributed by atoms with Gasteiger partial charge >= 0.3 is 0 Å². The summed E-state index contributed by atoms with van der Waals surface area (Å²) < 4.78 is 0. The lowest BCUT2D eigenvalue weighted by atomic mass is 10.1. The standard InChI is InChI=1S/C25H27N5/c1-18-6-8-21(9-7-18)26-28-24-16-20(3)25(17-19(24)2)29-27-22-10-12-23(13-11-22)30-14-4-5-15-30/h6-13,16-17H,4-5,14-15H2,1-3H3. The van der Waals surface area contributed by atoms with Gasteiger partial charge in [0, 0.05) is 18.8 Å². The van der Waals surface area contributed by atoms with Crippen LogP contribution in [-0.4, -0.2) is 13.1 Å². The van der Waals surface area contributed by atoms with E-state index >= 15 is 0 Å². The van der Waals surface area contributed by atoms with E-state index in [1.54, 1.807) is 0 Å². The molecule has 0 aliphatic carbocycles. The van der Waals surface area contributed by atoms with Crippen LogP contribution in [0, 0.1) is 20.8 Å². The summed E-state index contributed by atoms with van der Waals surface area (Å²) in [4.78, 5) is 2.41. The Hall–Kier alpha value is -3.34. The average molecular weight is 398 g/mol. The Labute approximate surface area is 178 Å². The fourth-order valence-electron chi connectivity index (χ4n) is 3.54. The second-order valence-corrected chi connectivity index (χ2v) is 7.87.